The monoisotopic (exact) mass is 629 g/mol. The molecule has 3 amide bonds. The largest absolute Gasteiger partial charge is 0.379 e. The molecule has 244 valence electrons. The number of amides is 3. The van der Waals surface area contributed by atoms with E-state index in [-0.39, 0.29) is 54.7 Å². The number of hydrogen-bond acceptors (Lipinski definition) is 8. The van der Waals surface area contributed by atoms with Gasteiger partial charge in [0.05, 0.1) is 49.2 Å². The van der Waals surface area contributed by atoms with Crippen molar-refractivity contribution in [3.05, 3.63) is 52.5 Å². The van der Waals surface area contributed by atoms with Crippen molar-refractivity contribution in [3.63, 3.8) is 0 Å². The normalized spacial score (nSPS) is 19.1. The molecule has 1 saturated heterocycles. The van der Waals surface area contributed by atoms with E-state index < -0.39 is 18.1 Å². The van der Waals surface area contributed by atoms with E-state index in [0.29, 0.717) is 13.0 Å². The Bertz CT molecular complexity index is 1170. The minimum atomic E-state index is -0.506. The van der Waals surface area contributed by atoms with Gasteiger partial charge in [0.2, 0.25) is 17.7 Å². The highest BCUT2D eigenvalue weighted by molar-refractivity contribution is 7.09. The second kappa shape index (κ2) is 17.6. The highest BCUT2D eigenvalue weighted by Crippen LogP contribution is 2.30. The second-order valence-electron chi connectivity index (χ2n) is 11.8. The van der Waals surface area contributed by atoms with Crippen molar-refractivity contribution >= 4 is 29.1 Å². The summed E-state index contributed by atoms with van der Waals surface area (Å²) in [4.78, 5) is 48.4. The molecule has 2 aromatic rings. The van der Waals surface area contributed by atoms with Crippen LogP contribution in [0.5, 0.6) is 0 Å². The van der Waals surface area contributed by atoms with Gasteiger partial charge >= 0.3 is 0 Å². The summed E-state index contributed by atoms with van der Waals surface area (Å²) in [5.74, 6) is -0.614. The maximum atomic E-state index is 13.9. The Morgan fingerprint density at radius 1 is 1.16 bits per heavy atom. The van der Waals surface area contributed by atoms with Gasteiger partial charge in [-0.25, -0.2) is 4.98 Å². The highest BCUT2D eigenvalue weighted by Gasteiger charge is 2.42. The number of carbonyl (C=O) groups is 3. The van der Waals surface area contributed by atoms with Crippen molar-refractivity contribution in [3.8, 4) is 0 Å². The number of benzene rings is 1. The van der Waals surface area contributed by atoms with Gasteiger partial charge in [0.15, 0.2) is 0 Å². The van der Waals surface area contributed by atoms with E-state index in [2.05, 4.69) is 29.5 Å². The van der Waals surface area contributed by atoms with Gasteiger partial charge in [-0.15, -0.1) is 11.3 Å². The number of nitrogens with zero attached hydrogens (tertiary/aromatic N) is 3. The van der Waals surface area contributed by atoms with E-state index in [4.69, 9.17) is 9.47 Å². The summed E-state index contributed by atoms with van der Waals surface area (Å²) in [5, 5.41) is 8.90. The third-order valence-electron chi connectivity index (χ3n) is 8.98. The van der Waals surface area contributed by atoms with Crippen molar-refractivity contribution < 1.29 is 23.9 Å². The lowest BCUT2D eigenvalue weighted by Gasteiger charge is -2.39. The number of nitrogens with one attached hydrogen (secondary N) is 2. The fourth-order valence-corrected chi connectivity index (χ4v) is 7.05. The Labute approximate surface area is 266 Å². The Balaban J connectivity index is 1.74. The molecular weight excluding hydrogens is 578 g/mol. The summed E-state index contributed by atoms with van der Waals surface area (Å²) in [6.45, 7) is 6.83. The smallest absolute Gasteiger partial charge is 0.236 e. The molecule has 0 spiro atoms. The van der Waals surface area contributed by atoms with Crippen LogP contribution in [0.3, 0.4) is 0 Å². The lowest BCUT2D eigenvalue weighted by atomic mass is 9.90. The number of rotatable bonds is 17. The number of hydrogen-bond donors (Lipinski definition) is 2. The zero-order chi connectivity index (χ0) is 32.2. The summed E-state index contributed by atoms with van der Waals surface area (Å²) < 4.78 is 11.8. The molecular formula is C33H51N5O5S. The van der Waals surface area contributed by atoms with Crippen LogP contribution in [0.15, 0.2) is 41.9 Å². The first kappa shape index (κ1) is 35.6. The van der Waals surface area contributed by atoms with Crippen molar-refractivity contribution in [2.24, 2.45) is 11.8 Å². The molecule has 7 atom stereocenters. The summed E-state index contributed by atoms with van der Waals surface area (Å²) in [5.41, 5.74) is 1.11. The van der Waals surface area contributed by atoms with Gasteiger partial charge in [-0.2, -0.15) is 0 Å². The third-order valence-corrected chi connectivity index (χ3v) is 9.87. The van der Waals surface area contributed by atoms with Crippen molar-refractivity contribution in [1.29, 1.82) is 0 Å². The van der Waals surface area contributed by atoms with Crippen LogP contribution in [-0.4, -0.2) is 98.2 Å². The van der Waals surface area contributed by atoms with Crippen LogP contribution in [-0.2, 0) is 30.3 Å². The first-order valence-electron chi connectivity index (χ1n) is 15.7. The number of thiazole rings is 1. The zero-order valence-corrected chi connectivity index (χ0v) is 28.1. The molecule has 3 unspecified atom stereocenters. The molecule has 0 bridgehead atoms. The van der Waals surface area contributed by atoms with Gasteiger partial charge in [-0.05, 0) is 37.8 Å². The van der Waals surface area contributed by atoms with Gasteiger partial charge < -0.3 is 29.9 Å². The Morgan fingerprint density at radius 3 is 2.48 bits per heavy atom. The Kier molecular flexibility index (Phi) is 14.2. The molecule has 2 heterocycles. The van der Waals surface area contributed by atoms with Crippen LogP contribution in [0.1, 0.15) is 63.1 Å². The lowest BCUT2D eigenvalue weighted by molar-refractivity contribution is -0.145. The third kappa shape index (κ3) is 9.09. The molecule has 44 heavy (non-hydrogen) atoms. The Hall–Kier alpha value is -2.86. The zero-order valence-electron chi connectivity index (χ0n) is 27.3. The first-order valence-corrected chi connectivity index (χ1v) is 16.5. The first-order chi connectivity index (χ1) is 21.2. The van der Waals surface area contributed by atoms with Crippen molar-refractivity contribution in [2.45, 2.75) is 83.2 Å². The van der Waals surface area contributed by atoms with Crippen LogP contribution in [0, 0.1) is 11.8 Å². The average Bonchev–Trinajstić information content (AvgIpc) is 3.74. The van der Waals surface area contributed by atoms with E-state index in [0.717, 1.165) is 29.8 Å². The number of likely N-dealkylation sites (tertiary alicyclic amines) is 1. The number of likely N-dealkylation sites (N-methyl/N-ethyl adjacent to an activating group) is 2. The molecule has 10 nitrogen and oxygen atoms in total. The highest BCUT2D eigenvalue weighted by atomic mass is 32.1. The summed E-state index contributed by atoms with van der Waals surface area (Å²) in [6, 6.07) is 9.27. The van der Waals surface area contributed by atoms with Gasteiger partial charge in [0, 0.05) is 39.4 Å². The molecule has 1 aliphatic heterocycles. The molecule has 1 aliphatic rings. The van der Waals surface area contributed by atoms with Crippen LogP contribution < -0.4 is 10.6 Å². The van der Waals surface area contributed by atoms with E-state index in [1.807, 2.05) is 47.5 Å². The number of aromatic nitrogens is 1. The van der Waals surface area contributed by atoms with E-state index in [1.54, 1.807) is 39.4 Å². The predicted octanol–water partition coefficient (Wildman–Crippen LogP) is 3.68. The minimum absolute atomic E-state index is 0.0473. The summed E-state index contributed by atoms with van der Waals surface area (Å²) >= 11 is 1.52. The van der Waals surface area contributed by atoms with Gasteiger partial charge in [0.25, 0.3) is 0 Å². The van der Waals surface area contributed by atoms with Gasteiger partial charge in [0.1, 0.15) is 5.01 Å². The maximum absolute atomic E-state index is 13.9. The van der Waals surface area contributed by atoms with E-state index >= 15 is 0 Å². The van der Waals surface area contributed by atoms with Crippen LogP contribution in [0.2, 0.25) is 0 Å². The maximum Gasteiger partial charge on any atom is 0.236 e. The second-order valence-corrected chi connectivity index (χ2v) is 12.7. The fraction of sp³-hybridized carbons (Fsp3) is 0.636. The molecule has 2 N–H and O–H groups in total. The van der Waals surface area contributed by atoms with Gasteiger partial charge in [-0.3, -0.25) is 14.4 Å². The number of ether oxygens (including phenoxy) is 2. The molecule has 0 aliphatic carbocycles. The number of carbonyl (C=O) groups excluding carboxylic acids is 3. The molecule has 1 aromatic carbocycles. The van der Waals surface area contributed by atoms with Crippen LogP contribution in [0.25, 0.3) is 0 Å². The Morgan fingerprint density at radius 2 is 1.89 bits per heavy atom. The van der Waals surface area contributed by atoms with E-state index in [9.17, 15) is 14.4 Å². The quantitative estimate of drug-likeness (QED) is 0.275. The number of methoxy groups -OCH3 is 2. The predicted molar refractivity (Wildman–Crippen MR) is 173 cm³/mol. The standard InChI is InChI=1S/C33H51N5O5S/c1-8-22(2)30(37(5)29(40)21-34-4)27(42-6)20-28(39)38-17-12-15-26(38)31(43-7)23(3)32(41)36-25(33-35-16-18-44-33)19-24-13-10-9-11-14-24/h9-11,13-14,16,18,22-23,25-27,30-31,34H,8,12,15,17,19-21H2,1-7H3,(H,36,41)/t22-,23?,25-,26-,27+,30?,31?/m0/s1. The topological polar surface area (TPSA) is 113 Å². The fourth-order valence-electron chi connectivity index (χ4n) is 6.36. The molecule has 3 rings (SSSR count). The average molecular weight is 630 g/mol. The minimum Gasteiger partial charge on any atom is -0.379 e. The molecule has 1 aromatic heterocycles. The molecule has 11 heteroatoms. The van der Waals surface area contributed by atoms with Crippen LogP contribution in [0.4, 0.5) is 0 Å². The van der Waals surface area contributed by atoms with Crippen molar-refractivity contribution in [2.75, 3.05) is 41.4 Å². The van der Waals surface area contributed by atoms with Crippen molar-refractivity contribution in [1.82, 2.24) is 25.4 Å². The summed E-state index contributed by atoms with van der Waals surface area (Å²) in [6.07, 6.45) is 3.97. The lowest BCUT2D eigenvalue weighted by Crippen LogP contribution is -2.54. The van der Waals surface area contributed by atoms with Gasteiger partial charge in [-0.1, -0.05) is 57.5 Å². The SMILES string of the molecule is CC[C@H](C)C([C@@H](CC(=O)N1CCC[C@H]1C(OC)C(C)C(=O)N[C@@H](Cc1ccccc1)c1nccs1)OC)N(C)C(=O)CNC. The van der Waals surface area contributed by atoms with E-state index in [1.165, 1.54) is 11.3 Å². The van der Waals surface area contributed by atoms with Crippen LogP contribution >= 0.6 is 11.3 Å². The molecule has 0 radical (unpaired) electrons. The summed E-state index contributed by atoms with van der Waals surface area (Å²) in [7, 11) is 6.73. The molecule has 1 fully saturated rings. The molecule has 0 saturated carbocycles.